The molecule has 2 N–H and O–H groups in total. The van der Waals surface area contributed by atoms with E-state index in [0.29, 0.717) is 0 Å². The summed E-state index contributed by atoms with van der Waals surface area (Å²) in [5.41, 5.74) is 3.57. The van der Waals surface area contributed by atoms with Crippen molar-refractivity contribution in [1.29, 1.82) is 0 Å². The molecule has 0 saturated heterocycles. The first kappa shape index (κ1) is 18.4. The Kier molecular flexibility index (Phi) is 5.95. The van der Waals surface area contributed by atoms with Gasteiger partial charge in [-0.3, -0.25) is 10.2 Å². The average Bonchev–Trinajstić information content (AvgIpc) is 2.53. The molecule has 0 aromatic heterocycles. The third kappa shape index (κ3) is 4.78. The number of carbonyl (C=O) groups excluding carboxylic acids is 1. The SMILES string of the molecule is CN(C)NC(=O)c1ccc(Cl)c(S(=O)(=O)NCc2ccccc2)c1. The second-order valence-corrected chi connectivity index (χ2v) is 7.43. The van der Waals surface area contributed by atoms with Gasteiger partial charge in [-0.1, -0.05) is 41.9 Å². The molecule has 1 amide bonds. The lowest BCUT2D eigenvalue weighted by molar-refractivity contribution is 0.0856. The summed E-state index contributed by atoms with van der Waals surface area (Å²) in [6.07, 6.45) is 0. The van der Waals surface area contributed by atoms with Gasteiger partial charge in [0.05, 0.1) is 5.02 Å². The third-order valence-corrected chi connectivity index (χ3v) is 5.00. The van der Waals surface area contributed by atoms with Gasteiger partial charge in [0.2, 0.25) is 10.0 Å². The number of sulfonamides is 1. The van der Waals surface area contributed by atoms with Crippen molar-refractivity contribution in [1.82, 2.24) is 15.2 Å². The molecule has 0 aliphatic heterocycles. The topological polar surface area (TPSA) is 78.5 Å². The van der Waals surface area contributed by atoms with Crippen molar-refractivity contribution in [3.05, 3.63) is 64.7 Å². The molecule has 24 heavy (non-hydrogen) atoms. The zero-order valence-electron chi connectivity index (χ0n) is 13.3. The van der Waals surface area contributed by atoms with E-state index in [1.54, 1.807) is 14.1 Å². The van der Waals surface area contributed by atoms with Crippen molar-refractivity contribution >= 4 is 27.5 Å². The van der Waals surface area contributed by atoms with Gasteiger partial charge in [-0.05, 0) is 23.8 Å². The lowest BCUT2D eigenvalue weighted by Gasteiger charge is -2.13. The number of rotatable bonds is 6. The molecule has 8 heteroatoms. The van der Waals surface area contributed by atoms with Crippen molar-refractivity contribution in [3.8, 4) is 0 Å². The molecule has 0 atom stereocenters. The summed E-state index contributed by atoms with van der Waals surface area (Å²) in [7, 11) is -0.530. The van der Waals surface area contributed by atoms with Crippen LogP contribution >= 0.6 is 11.6 Å². The summed E-state index contributed by atoms with van der Waals surface area (Å²) < 4.78 is 27.5. The van der Waals surface area contributed by atoms with Gasteiger partial charge >= 0.3 is 0 Å². The molecule has 0 heterocycles. The minimum Gasteiger partial charge on any atom is -0.285 e. The molecule has 0 unspecified atom stereocenters. The van der Waals surface area contributed by atoms with Gasteiger partial charge in [-0.15, -0.1) is 0 Å². The van der Waals surface area contributed by atoms with Crippen LogP contribution in [0.4, 0.5) is 0 Å². The summed E-state index contributed by atoms with van der Waals surface area (Å²) >= 11 is 6.01. The van der Waals surface area contributed by atoms with Gasteiger partial charge in [-0.2, -0.15) is 0 Å². The highest BCUT2D eigenvalue weighted by Gasteiger charge is 2.20. The van der Waals surface area contributed by atoms with Gasteiger partial charge in [0.25, 0.3) is 5.91 Å². The van der Waals surface area contributed by atoms with E-state index in [1.165, 1.54) is 23.2 Å². The van der Waals surface area contributed by atoms with Crippen LogP contribution in [-0.2, 0) is 16.6 Å². The fourth-order valence-corrected chi connectivity index (χ4v) is 3.51. The second-order valence-electron chi connectivity index (χ2n) is 5.29. The van der Waals surface area contributed by atoms with Crippen molar-refractivity contribution < 1.29 is 13.2 Å². The number of hydrazine groups is 1. The lowest BCUT2D eigenvalue weighted by Crippen LogP contribution is -2.36. The van der Waals surface area contributed by atoms with E-state index in [-0.39, 0.29) is 22.0 Å². The van der Waals surface area contributed by atoms with E-state index in [2.05, 4.69) is 10.1 Å². The molecule has 2 rings (SSSR count). The Balaban J connectivity index is 2.24. The average molecular weight is 368 g/mol. The summed E-state index contributed by atoms with van der Waals surface area (Å²) in [6.45, 7) is 0.133. The van der Waals surface area contributed by atoms with Gasteiger partial charge in [-0.25, -0.2) is 18.1 Å². The predicted molar refractivity (Wildman–Crippen MR) is 93.1 cm³/mol. The lowest BCUT2D eigenvalue weighted by atomic mass is 10.2. The van der Waals surface area contributed by atoms with Crippen LogP contribution in [-0.4, -0.2) is 33.4 Å². The van der Waals surface area contributed by atoms with Crippen LogP contribution in [0.3, 0.4) is 0 Å². The zero-order chi connectivity index (χ0) is 17.7. The molecule has 128 valence electrons. The normalized spacial score (nSPS) is 11.5. The van der Waals surface area contributed by atoms with Crippen LogP contribution in [0.15, 0.2) is 53.4 Å². The highest BCUT2D eigenvalue weighted by molar-refractivity contribution is 7.89. The fraction of sp³-hybridized carbons (Fsp3) is 0.188. The molecule has 2 aromatic rings. The largest absolute Gasteiger partial charge is 0.285 e. The van der Waals surface area contributed by atoms with Gasteiger partial charge in [0.15, 0.2) is 0 Å². The molecular formula is C16H18ClN3O3S. The Labute approximate surface area is 146 Å². The molecule has 0 fully saturated rings. The monoisotopic (exact) mass is 367 g/mol. The molecular weight excluding hydrogens is 350 g/mol. The van der Waals surface area contributed by atoms with Gasteiger partial charge in [0.1, 0.15) is 4.90 Å². The van der Waals surface area contributed by atoms with Crippen LogP contribution in [0.2, 0.25) is 5.02 Å². The van der Waals surface area contributed by atoms with Crippen LogP contribution < -0.4 is 10.1 Å². The molecule has 2 aromatic carbocycles. The minimum absolute atomic E-state index is 0.0527. The molecule has 0 spiro atoms. The first-order valence-corrected chi connectivity index (χ1v) is 8.97. The quantitative estimate of drug-likeness (QED) is 0.766. The molecule has 0 saturated carbocycles. The minimum atomic E-state index is -3.85. The Morgan fingerprint density at radius 1 is 1.12 bits per heavy atom. The summed E-state index contributed by atoms with van der Waals surface area (Å²) in [6, 6.07) is 13.2. The highest BCUT2D eigenvalue weighted by Crippen LogP contribution is 2.23. The van der Waals surface area contributed by atoms with Crippen molar-refractivity contribution in [2.24, 2.45) is 0 Å². The maximum absolute atomic E-state index is 12.5. The molecule has 0 aliphatic carbocycles. The number of amides is 1. The molecule has 0 aliphatic rings. The van der Waals surface area contributed by atoms with Crippen molar-refractivity contribution in [3.63, 3.8) is 0 Å². The number of nitrogens with zero attached hydrogens (tertiary/aromatic N) is 1. The first-order chi connectivity index (χ1) is 11.3. The summed E-state index contributed by atoms with van der Waals surface area (Å²) in [5, 5.41) is 1.52. The zero-order valence-corrected chi connectivity index (χ0v) is 14.9. The number of carbonyl (C=O) groups is 1. The Morgan fingerprint density at radius 3 is 2.42 bits per heavy atom. The van der Waals surface area contributed by atoms with Crippen molar-refractivity contribution in [2.45, 2.75) is 11.4 Å². The van der Waals surface area contributed by atoms with E-state index >= 15 is 0 Å². The van der Waals surface area contributed by atoms with E-state index in [1.807, 2.05) is 30.3 Å². The maximum atomic E-state index is 12.5. The predicted octanol–water partition coefficient (Wildman–Crippen LogP) is 2.02. The molecule has 0 radical (unpaired) electrons. The Hall–Kier alpha value is -1.93. The fourth-order valence-electron chi connectivity index (χ4n) is 1.97. The molecule has 0 bridgehead atoms. The molecule has 6 nitrogen and oxygen atoms in total. The first-order valence-electron chi connectivity index (χ1n) is 7.11. The summed E-state index contributed by atoms with van der Waals surface area (Å²) in [5.74, 6) is -0.420. The third-order valence-electron chi connectivity index (χ3n) is 3.12. The number of benzene rings is 2. The Morgan fingerprint density at radius 2 is 1.79 bits per heavy atom. The van der Waals surface area contributed by atoms with Gasteiger partial charge in [0, 0.05) is 26.2 Å². The maximum Gasteiger partial charge on any atom is 0.265 e. The van der Waals surface area contributed by atoms with E-state index in [9.17, 15) is 13.2 Å². The smallest absolute Gasteiger partial charge is 0.265 e. The van der Waals surface area contributed by atoms with Gasteiger partial charge < -0.3 is 0 Å². The standard InChI is InChI=1S/C16H18ClN3O3S/c1-20(2)19-16(21)13-8-9-14(17)15(10-13)24(22,23)18-11-12-6-4-3-5-7-12/h3-10,18H,11H2,1-2H3,(H,19,21). The van der Waals surface area contributed by atoms with Crippen LogP contribution in [0.25, 0.3) is 0 Å². The van der Waals surface area contributed by atoms with Crippen LogP contribution in [0, 0.1) is 0 Å². The number of hydrogen-bond donors (Lipinski definition) is 2. The number of halogens is 1. The van der Waals surface area contributed by atoms with Crippen molar-refractivity contribution in [2.75, 3.05) is 14.1 Å². The number of nitrogens with one attached hydrogen (secondary N) is 2. The Bertz CT molecular complexity index is 824. The highest BCUT2D eigenvalue weighted by atomic mass is 35.5. The number of hydrogen-bond acceptors (Lipinski definition) is 4. The van der Waals surface area contributed by atoms with Crippen LogP contribution in [0.5, 0.6) is 0 Å². The van der Waals surface area contributed by atoms with Crippen LogP contribution in [0.1, 0.15) is 15.9 Å². The second kappa shape index (κ2) is 7.76. The van der Waals surface area contributed by atoms with E-state index in [4.69, 9.17) is 11.6 Å². The summed E-state index contributed by atoms with van der Waals surface area (Å²) in [4.78, 5) is 11.9. The van der Waals surface area contributed by atoms with E-state index in [0.717, 1.165) is 5.56 Å². The van der Waals surface area contributed by atoms with E-state index < -0.39 is 15.9 Å².